The number of rotatable bonds is 12. The largest absolute Gasteiger partial charge is 0.495 e. The third-order valence-corrected chi connectivity index (χ3v) is 7.05. The molecule has 192 valence electrons. The Balaban J connectivity index is 2.51. The molecule has 0 heterocycles. The van der Waals surface area contributed by atoms with Crippen molar-refractivity contribution in [2.75, 3.05) is 30.8 Å². The maximum absolute atomic E-state index is 13.7. The molecule has 0 aliphatic rings. The summed E-state index contributed by atoms with van der Waals surface area (Å²) in [5, 5.41) is 3.54. The molecular weight excluding hydrogens is 513 g/mol. The summed E-state index contributed by atoms with van der Waals surface area (Å²) in [5.41, 5.74) is 0.757. The summed E-state index contributed by atoms with van der Waals surface area (Å²) in [7, 11) is -2.53. The van der Waals surface area contributed by atoms with E-state index in [-0.39, 0.29) is 28.9 Å². The zero-order valence-corrected chi connectivity index (χ0v) is 22.6. The normalized spacial score (nSPS) is 12.1. The molecule has 1 N–H and O–H groups in total. The molecule has 2 amide bonds. The number of carbonyl (C=O) groups is 2. The van der Waals surface area contributed by atoms with Gasteiger partial charge >= 0.3 is 0 Å². The van der Waals surface area contributed by atoms with Crippen molar-refractivity contribution in [1.82, 2.24) is 10.2 Å². The maximum Gasteiger partial charge on any atom is 0.244 e. The van der Waals surface area contributed by atoms with E-state index in [4.69, 9.17) is 27.9 Å². The number of carbonyl (C=O) groups excluding carboxylic acids is 2. The molecule has 35 heavy (non-hydrogen) atoms. The molecule has 11 heteroatoms. The molecule has 1 atom stereocenters. The second-order valence-corrected chi connectivity index (χ2v) is 10.7. The molecule has 0 saturated carbocycles. The maximum atomic E-state index is 13.7. The minimum atomic E-state index is -3.92. The number of ether oxygens (including phenoxy) is 1. The molecule has 2 aromatic carbocycles. The van der Waals surface area contributed by atoms with Crippen LogP contribution in [0.2, 0.25) is 10.0 Å². The van der Waals surface area contributed by atoms with Crippen molar-refractivity contribution in [2.24, 2.45) is 0 Å². The lowest BCUT2D eigenvalue weighted by atomic mass is 10.1. The Hall–Kier alpha value is -2.49. The van der Waals surface area contributed by atoms with Crippen LogP contribution in [0.3, 0.4) is 0 Å². The van der Waals surface area contributed by atoms with Gasteiger partial charge in [-0.3, -0.25) is 13.9 Å². The van der Waals surface area contributed by atoms with E-state index in [1.165, 1.54) is 24.1 Å². The van der Waals surface area contributed by atoms with Crippen molar-refractivity contribution in [1.29, 1.82) is 0 Å². The van der Waals surface area contributed by atoms with Crippen LogP contribution in [0.4, 0.5) is 5.69 Å². The molecule has 0 aromatic heterocycles. The zero-order chi connectivity index (χ0) is 26.2. The highest BCUT2D eigenvalue weighted by atomic mass is 35.5. The van der Waals surface area contributed by atoms with Crippen molar-refractivity contribution in [3.05, 3.63) is 58.1 Å². The van der Waals surface area contributed by atoms with Gasteiger partial charge in [-0.25, -0.2) is 8.42 Å². The summed E-state index contributed by atoms with van der Waals surface area (Å²) in [6.07, 6.45) is 2.05. The topological polar surface area (TPSA) is 96.0 Å². The summed E-state index contributed by atoms with van der Waals surface area (Å²) in [5.74, 6) is -0.658. The molecule has 8 nitrogen and oxygen atoms in total. The second kappa shape index (κ2) is 13.0. The fourth-order valence-corrected chi connectivity index (χ4v) is 4.76. The van der Waals surface area contributed by atoms with Crippen LogP contribution in [0, 0.1) is 0 Å². The summed E-state index contributed by atoms with van der Waals surface area (Å²) in [6.45, 7) is 3.64. The predicted molar refractivity (Wildman–Crippen MR) is 140 cm³/mol. The van der Waals surface area contributed by atoms with Gasteiger partial charge in [0.15, 0.2) is 0 Å². The van der Waals surface area contributed by atoms with Crippen molar-refractivity contribution in [3.8, 4) is 5.75 Å². The van der Waals surface area contributed by atoms with Crippen LogP contribution in [-0.2, 0) is 26.2 Å². The van der Waals surface area contributed by atoms with E-state index < -0.39 is 28.5 Å². The first kappa shape index (κ1) is 28.7. The number of anilines is 1. The predicted octanol–water partition coefficient (Wildman–Crippen LogP) is 4.10. The van der Waals surface area contributed by atoms with Gasteiger partial charge in [-0.05, 0) is 42.7 Å². The Morgan fingerprint density at radius 3 is 2.37 bits per heavy atom. The van der Waals surface area contributed by atoms with Crippen LogP contribution in [0.1, 0.15) is 32.3 Å². The van der Waals surface area contributed by atoms with Crippen molar-refractivity contribution >= 4 is 50.7 Å². The summed E-state index contributed by atoms with van der Waals surface area (Å²) in [6, 6.07) is 10.7. The highest BCUT2D eigenvalue weighted by molar-refractivity contribution is 7.92. The standard InChI is InChI=1S/C24H31Cl2N3O5S/c1-5-13-27-24(31)20(6-2)28(15-17-9-7-8-10-19(17)26)23(30)16-29(35(4,32)33)21-14-18(25)11-12-22(21)34-3/h7-12,14,20H,5-6,13,15-16H2,1-4H3,(H,27,31). The van der Waals surface area contributed by atoms with Crippen molar-refractivity contribution in [2.45, 2.75) is 39.3 Å². The highest BCUT2D eigenvalue weighted by Crippen LogP contribution is 2.33. The number of nitrogens with one attached hydrogen (secondary N) is 1. The Kier molecular flexibility index (Phi) is 10.7. The molecule has 0 saturated heterocycles. The fourth-order valence-electron chi connectivity index (χ4n) is 3.55. The Morgan fingerprint density at radius 1 is 1.11 bits per heavy atom. The van der Waals surface area contributed by atoms with E-state index in [9.17, 15) is 18.0 Å². The number of hydrogen-bond donors (Lipinski definition) is 1. The van der Waals surface area contributed by atoms with Gasteiger partial charge < -0.3 is 15.0 Å². The van der Waals surface area contributed by atoms with Crippen LogP contribution in [0.15, 0.2) is 42.5 Å². The van der Waals surface area contributed by atoms with Crippen LogP contribution >= 0.6 is 23.2 Å². The quantitative estimate of drug-likeness (QED) is 0.434. The van der Waals surface area contributed by atoms with E-state index in [1.807, 2.05) is 6.92 Å². The lowest BCUT2D eigenvalue weighted by Crippen LogP contribution is -2.52. The first-order valence-corrected chi connectivity index (χ1v) is 13.8. The van der Waals surface area contributed by atoms with Crippen LogP contribution in [-0.4, -0.2) is 57.6 Å². The Labute approximate surface area is 217 Å². The lowest BCUT2D eigenvalue weighted by molar-refractivity contribution is -0.140. The lowest BCUT2D eigenvalue weighted by Gasteiger charge is -2.33. The number of benzene rings is 2. The SMILES string of the molecule is CCCNC(=O)C(CC)N(Cc1ccccc1Cl)C(=O)CN(c1cc(Cl)ccc1OC)S(C)(=O)=O. The Morgan fingerprint density at radius 2 is 1.80 bits per heavy atom. The van der Waals surface area contributed by atoms with Gasteiger partial charge in [0.25, 0.3) is 0 Å². The Bertz CT molecular complexity index is 1140. The number of halogens is 2. The van der Waals surface area contributed by atoms with E-state index in [1.54, 1.807) is 37.3 Å². The first-order valence-electron chi connectivity index (χ1n) is 11.1. The van der Waals surface area contributed by atoms with Gasteiger partial charge in [-0.15, -0.1) is 0 Å². The minimum Gasteiger partial charge on any atom is -0.495 e. The first-order chi connectivity index (χ1) is 16.5. The molecule has 0 fully saturated rings. The molecule has 0 bridgehead atoms. The summed E-state index contributed by atoms with van der Waals surface area (Å²) < 4.78 is 31.7. The number of nitrogens with zero attached hydrogens (tertiary/aromatic N) is 2. The molecule has 0 aliphatic heterocycles. The average molecular weight is 545 g/mol. The molecule has 0 radical (unpaired) electrons. The highest BCUT2D eigenvalue weighted by Gasteiger charge is 2.32. The molecule has 2 rings (SSSR count). The third-order valence-electron chi connectivity index (χ3n) is 5.32. The van der Waals surface area contributed by atoms with Crippen LogP contribution in [0.5, 0.6) is 5.75 Å². The van der Waals surface area contributed by atoms with Gasteiger partial charge in [0.1, 0.15) is 18.3 Å². The van der Waals surface area contributed by atoms with Gasteiger partial charge in [-0.2, -0.15) is 0 Å². The van der Waals surface area contributed by atoms with Gasteiger partial charge in [0.2, 0.25) is 21.8 Å². The minimum absolute atomic E-state index is 0.0286. The van der Waals surface area contributed by atoms with Crippen LogP contribution < -0.4 is 14.4 Å². The smallest absolute Gasteiger partial charge is 0.244 e. The van der Waals surface area contributed by atoms with E-state index >= 15 is 0 Å². The second-order valence-electron chi connectivity index (χ2n) is 7.91. The van der Waals surface area contributed by atoms with Crippen LogP contribution in [0.25, 0.3) is 0 Å². The number of hydrogen-bond acceptors (Lipinski definition) is 5. The summed E-state index contributed by atoms with van der Waals surface area (Å²) >= 11 is 12.5. The zero-order valence-electron chi connectivity index (χ0n) is 20.3. The van der Waals surface area contributed by atoms with Gasteiger partial charge in [-0.1, -0.05) is 55.2 Å². The molecule has 0 spiro atoms. The molecule has 2 aromatic rings. The van der Waals surface area contributed by atoms with Gasteiger partial charge in [0, 0.05) is 23.1 Å². The van der Waals surface area contributed by atoms with E-state index in [0.29, 0.717) is 23.6 Å². The van der Waals surface area contributed by atoms with Crippen molar-refractivity contribution < 1.29 is 22.7 Å². The monoisotopic (exact) mass is 543 g/mol. The molecular formula is C24H31Cl2N3O5S. The molecule has 1 unspecified atom stereocenters. The van der Waals surface area contributed by atoms with E-state index in [0.717, 1.165) is 17.0 Å². The number of methoxy groups -OCH3 is 1. The fraction of sp³-hybridized carbons (Fsp3) is 0.417. The van der Waals surface area contributed by atoms with E-state index in [2.05, 4.69) is 5.32 Å². The van der Waals surface area contributed by atoms with Crippen molar-refractivity contribution in [3.63, 3.8) is 0 Å². The molecule has 0 aliphatic carbocycles. The summed E-state index contributed by atoms with van der Waals surface area (Å²) in [4.78, 5) is 28.0. The third kappa shape index (κ3) is 7.75. The van der Waals surface area contributed by atoms with Gasteiger partial charge in [0.05, 0.1) is 19.1 Å². The number of sulfonamides is 1. The average Bonchev–Trinajstić information content (AvgIpc) is 2.81. The number of amides is 2.